The van der Waals surface area contributed by atoms with Crippen LogP contribution in [0.15, 0.2) is 72.8 Å². The van der Waals surface area contributed by atoms with E-state index in [0.29, 0.717) is 39.6 Å². The molecule has 1 unspecified atom stereocenters. The van der Waals surface area contributed by atoms with E-state index in [0.717, 1.165) is 5.56 Å². The number of halogens is 1. The van der Waals surface area contributed by atoms with Crippen LogP contribution < -0.4 is 5.32 Å². The first-order valence-corrected chi connectivity index (χ1v) is 11.3. The number of anilines is 1. The van der Waals surface area contributed by atoms with Crippen molar-refractivity contribution in [3.8, 4) is 23.0 Å². The predicted octanol–water partition coefficient (Wildman–Crippen LogP) is 4.76. The quantitative estimate of drug-likeness (QED) is 0.258. The Balaban J connectivity index is 1.59. The van der Waals surface area contributed by atoms with Crippen LogP contribution in [0.4, 0.5) is 5.69 Å². The van der Waals surface area contributed by atoms with Gasteiger partial charge in [0, 0.05) is 28.3 Å². The standard InChI is InChI=1S/C27H17ClN4O4/c28-17-5-4-6-18(13-17)30-26(34)22(14-29)25(33)23-21-11-15-9-10-16(27(35)36)12-20(15)24(21)32(31-23)19-7-2-1-3-8-19/h1-10,12-13,22H,11H2,(H,30,34)(H,35,36). The number of benzene rings is 3. The number of aromatic nitrogens is 2. The number of hydrogen-bond donors (Lipinski definition) is 2. The van der Waals surface area contributed by atoms with Gasteiger partial charge in [0.1, 0.15) is 5.69 Å². The molecule has 176 valence electrons. The smallest absolute Gasteiger partial charge is 0.335 e. The average Bonchev–Trinajstić information content (AvgIpc) is 3.42. The molecule has 1 aliphatic rings. The van der Waals surface area contributed by atoms with Crippen LogP contribution >= 0.6 is 11.6 Å². The molecule has 0 aliphatic heterocycles. The van der Waals surface area contributed by atoms with E-state index in [1.54, 1.807) is 53.2 Å². The number of Topliss-reactive ketones (excluding diaryl/α,β-unsaturated/α-hetero) is 1. The summed E-state index contributed by atoms with van der Waals surface area (Å²) in [6.45, 7) is 0. The van der Waals surface area contributed by atoms with E-state index in [4.69, 9.17) is 11.6 Å². The van der Waals surface area contributed by atoms with Gasteiger partial charge in [0.2, 0.25) is 11.7 Å². The second-order valence-electron chi connectivity index (χ2n) is 8.20. The van der Waals surface area contributed by atoms with Crippen LogP contribution in [0, 0.1) is 17.2 Å². The molecule has 4 aromatic rings. The molecule has 0 radical (unpaired) electrons. The Morgan fingerprint density at radius 3 is 2.53 bits per heavy atom. The van der Waals surface area contributed by atoms with Crippen LogP contribution in [0.5, 0.6) is 0 Å². The van der Waals surface area contributed by atoms with Gasteiger partial charge in [-0.1, -0.05) is 41.9 Å². The number of aromatic carboxylic acids is 1. The van der Waals surface area contributed by atoms with E-state index < -0.39 is 23.6 Å². The maximum atomic E-state index is 13.5. The molecular formula is C27H17ClN4O4. The Hall–Kier alpha value is -4.74. The van der Waals surface area contributed by atoms with Gasteiger partial charge in [-0.15, -0.1) is 0 Å². The number of amides is 1. The molecule has 2 N–H and O–H groups in total. The van der Waals surface area contributed by atoms with Crippen LogP contribution in [0.25, 0.3) is 16.9 Å². The number of nitrogens with zero attached hydrogens (tertiary/aromatic N) is 3. The lowest BCUT2D eigenvalue weighted by atomic mass is 9.98. The Kier molecular flexibility index (Phi) is 5.84. The van der Waals surface area contributed by atoms with Gasteiger partial charge in [0.05, 0.1) is 23.0 Å². The fourth-order valence-corrected chi connectivity index (χ4v) is 4.47. The average molecular weight is 497 g/mol. The molecule has 5 rings (SSSR count). The lowest BCUT2D eigenvalue weighted by Gasteiger charge is -2.10. The molecule has 3 aromatic carbocycles. The van der Waals surface area contributed by atoms with Crippen molar-refractivity contribution < 1.29 is 19.5 Å². The molecular weight excluding hydrogens is 480 g/mol. The minimum Gasteiger partial charge on any atom is -0.478 e. The molecule has 1 aliphatic carbocycles. The summed E-state index contributed by atoms with van der Waals surface area (Å²) >= 11 is 5.97. The van der Waals surface area contributed by atoms with Gasteiger partial charge in [-0.3, -0.25) is 9.59 Å². The summed E-state index contributed by atoms with van der Waals surface area (Å²) in [7, 11) is 0. The molecule has 0 spiro atoms. The molecule has 0 bridgehead atoms. The molecule has 0 saturated carbocycles. The third-order valence-corrected chi connectivity index (χ3v) is 6.18. The maximum absolute atomic E-state index is 13.5. The number of carbonyl (C=O) groups excluding carboxylic acids is 2. The molecule has 8 nitrogen and oxygen atoms in total. The van der Waals surface area contributed by atoms with E-state index in [2.05, 4.69) is 10.4 Å². The summed E-state index contributed by atoms with van der Waals surface area (Å²) in [6.07, 6.45) is 0.312. The number of nitrogens with one attached hydrogen (secondary N) is 1. The Bertz CT molecular complexity index is 1590. The normalized spacial score (nSPS) is 12.2. The molecule has 36 heavy (non-hydrogen) atoms. The Morgan fingerprint density at radius 2 is 1.83 bits per heavy atom. The van der Waals surface area contributed by atoms with Gasteiger partial charge >= 0.3 is 5.97 Å². The van der Waals surface area contributed by atoms with Gasteiger partial charge in [-0.2, -0.15) is 10.4 Å². The Labute approximate surface area is 210 Å². The highest BCUT2D eigenvalue weighted by Crippen LogP contribution is 2.41. The number of para-hydroxylation sites is 1. The summed E-state index contributed by atoms with van der Waals surface area (Å²) in [5.74, 6) is -4.26. The second-order valence-corrected chi connectivity index (χ2v) is 8.64. The van der Waals surface area contributed by atoms with Gasteiger partial charge in [0.25, 0.3) is 0 Å². The largest absolute Gasteiger partial charge is 0.478 e. The highest BCUT2D eigenvalue weighted by molar-refractivity contribution is 6.31. The topological polar surface area (TPSA) is 125 Å². The van der Waals surface area contributed by atoms with Gasteiger partial charge in [0.15, 0.2) is 5.92 Å². The van der Waals surface area contributed by atoms with Crippen molar-refractivity contribution >= 4 is 34.9 Å². The summed E-state index contributed by atoms with van der Waals surface area (Å²) < 4.78 is 1.56. The van der Waals surface area contributed by atoms with Crippen molar-refractivity contribution in [1.82, 2.24) is 9.78 Å². The first-order chi connectivity index (χ1) is 17.4. The van der Waals surface area contributed by atoms with E-state index in [9.17, 15) is 24.8 Å². The van der Waals surface area contributed by atoms with Crippen molar-refractivity contribution in [2.75, 3.05) is 5.32 Å². The number of hydrogen-bond acceptors (Lipinski definition) is 5. The number of carboxylic acids is 1. The highest BCUT2D eigenvalue weighted by atomic mass is 35.5. The first-order valence-electron chi connectivity index (χ1n) is 10.9. The molecule has 0 fully saturated rings. The number of ketones is 1. The van der Waals surface area contributed by atoms with Crippen molar-refractivity contribution in [2.24, 2.45) is 5.92 Å². The highest BCUT2D eigenvalue weighted by Gasteiger charge is 2.36. The lowest BCUT2D eigenvalue weighted by Crippen LogP contribution is -2.29. The maximum Gasteiger partial charge on any atom is 0.335 e. The van der Waals surface area contributed by atoms with Crippen LogP contribution in [-0.4, -0.2) is 32.5 Å². The number of carbonyl (C=O) groups is 3. The second kappa shape index (κ2) is 9.13. The summed E-state index contributed by atoms with van der Waals surface area (Å²) in [5.41, 5.74) is 3.67. The molecule has 1 amide bonds. The number of nitriles is 1. The van der Waals surface area contributed by atoms with Crippen LogP contribution in [-0.2, 0) is 11.2 Å². The van der Waals surface area contributed by atoms with E-state index in [1.807, 2.05) is 18.2 Å². The van der Waals surface area contributed by atoms with Crippen molar-refractivity contribution in [3.63, 3.8) is 0 Å². The molecule has 1 heterocycles. The molecule has 9 heteroatoms. The zero-order chi connectivity index (χ0) is 25.4. The fraction of sp³-hybridized carbons (Fsp3) is 0.0741. The van der Waals surface area contributed by atoms with E-state index in [-0.39, 0.29) is 11.3 Å². The molecule has 1 atom stereocenters. The van der Waals surface area contributed by atoms with Crippen LogP contribution in [0.1, 0.15) is 32.0 Å². The van der Waals surface area contributed by atoms with E-state index in [1.165, 1.54) is 12.1 Å². The van der Waals surface area contributed by atoms with Crippen molar-refractivity contribution in [3.05, 3.63) is 100 Å². The SMILES string of the molecule is N#CC(C(=O)Nc1cccc(Cl)c1)C(=O)c1nn(-c2ccccc2)c2c1Cc1ccc(C(=O)O)cc1-2. The molecule has 0 saturated heterocycles. The summed E-state index contributed by atoms with van der Waals surface area (Å²) in [4.78, 5) is 38.0. The van der Waals surface area contributed by atoms with E-state index >= 15 is 0 Å². The minimum absolute atomic E-state index is 0.00489. The monoisotopic (exact) mass is 496 g/mol. The third-order valence-electron chi connectivity index (χ3n) is 5.94. The lowest BCUT2D eigenvalue weighted by molar-refractivity contribution is -0.117. The van der Waals surface area contributed by atoms with Crippen molar-refractivity contribution in [2.45, 2.75) is 6.42 Å². The minimum atomic E-state index is -1.65. The van der Waals surface area contributed by atoms with Gasteiger partial charge < -0.3 is 10.4 Å². The Morgan fingerprint density at radius 1 is 1.06 bits per heavy atom. The zero-order valence-electron chi connectivity index (χ0n) is 18.6. The van der Waals surface area contributed by atoms with Crippen LogP contribution in [0.3, 0.4) is 0 Å². The zero-order valence-corrected chi connectivity index (χ0v) is 19.4. The summed E-state index contributed by atoms with van der Waals surface area (Å²) in [6, 6.07) is 22.0. The number of rotatable bonds is 6. The number of carboxylic acid groups (broad SMARTS) is 1. The molecule has 1 aromatic heterocycles. The number of fused-ring (bicyclic) bond motifs is 3. The predicted molar refractivity (Wildman–Crippen MR) is 132 cm³/mol. The van der Waals surface area contributed by atoms with Gasteiger partial charge in [-0.05, 0) is 48.0 Å². The fourth-order valence-electron chi connectivity index (χ4n) is 4.28. The van der Waals surface area contributed by atoms with Gasteiger partial charge in [-0.25, -0.2) is 9.48 Å². The van der Waals surface area contributed by atoms with Crippen molar-refractivity contribution in [1.29, 1.82) is 5.26 Å². The van der Waals surface area contributed by atoms with Crippen LogP contribution in [0.2, 0.25) is 5.02 Å². The summed E-state index contributed by atoms with van der Waals surface area (Å²) in [5, 5.41) is 26.7. The third kappa shape index (κ3) is 4.02. The first kappa shape index (κ1) is 23.0.